The summed E-state index contributed by atoms with van der Waals surface area (Å²) in [5, 5.41) is 2.85. The summed E-state index contributed by atoms with van der Waals surface area (Å²) in [5.74, 6) is -0.0445. The van der Waals surface area contributed by atoms with Gasteiger partial charge < -0.3 is 10.2 Å². The highest BCUT2D eigenvalue weighted by Gasteiger charge is 2.08. The molecule has 0 bridgehead atoms. The monoisotopic (exact) mass is 291 g/mol. The average Bonchev–Trinajstić information content (AvgIpc) is 2.59. The van der Waals surface area contributed by atoms with Crippen molar-refractivity contribution < 1.29 is 4.79 Å². The summed E-state index contributed by atoms with van der Waals surface area (Å²) in [4.78, 5) is 18.2. The number of hydrogen-bond acceptors (Lipinski definition) is 4. The van der Waals surface area contributed by atoms with Gasteiger partial charge in [0.1, 0.15) is 4.88 Å². The molecule has 0 aliphatic heterocycles. The largest absolute Gasteiger partial charge is 0.351 e. The van der Waals surface area contributed by atoms with E-state index in [0.717, 1.165) is 16.9 Å². The van der Waals surface area contributed by atoms with Gasteiger partial charge in [-0.3, -0.25) is 4.79 Å². The van der Waals surface area contributed by atoms with Gasteiger partial charge in [-0.2, -0.15) is 0 Å². The molecule has 0 saturated carbocycles. The molecule has 1 aromatic rings. The summed E-state index contributed by atoms with van der Waals surface area (Å²) in [5.41, 5.74) is 0. The molecule has 0 aromatic carbocycles. The van der Waals surface area contributed by atoms with Crippen LogP contribution in [0.3, 0.4) is 0 Å². The number of nitrogens with zero attached hydrogens (tertiary/aromatic N) is 2. The Hall–Kier alpha value is -0.460. The summed E-state index contributed by atoms with van der Waals surface area (Å²) < 4.78 is 0.737. The molecule has 15 heavy (non-hydrogen) atoms. The van der Waals surface area contributed by atoms with Crippen LogP contribution in [0, 0.1) is 0 Å². The predicted octanol–water partition coefficient (Wildman–Crippen LogP) is 1.59. The van der Waals surface area contributed by atoms with E-state index in [0.29, 0.717) is 11.4 Å². The van der Waals surface area contributed by atoms with E-state index in [1.807, 2.05) is 14.1 Å². The molecule has 1 heterocycles. The minimum absolute atomic E-state index is 0.0445. The zero-order valence-electron chi connectivity index (χ0n) is 8.79. The zero-order chi connectivity index (χ0) is 11.3. The van der Waals surface area contributed by atoms with E-state index in [-0.39, 0.29) is 5.91 Å². The lowest BCUT2D eigenvalue weighted by molar-refractivity contribution is 0.0956. The first kappa shape index (κ1) is 12.6. The first-order chi connectivity index (χ1) is 7.09. The molecule has 0 fully saturated rings. The number of rotatable bonds is 5. The molecule has 0 radical (unpaired) electrons. The third-order valence-corrected chi connectivity index (χ3v) is 3.24. The van der Waals surface area contributed by atoms with Crippen LogP contribution in [-0.2, 0) is 0 Å². The maximum absolute atomic E-state index is 11.5. The number of carbonyl (C=O) groups is 1. The predicted molar refractivity (Wildman–Crippen MR) is 65.3 cm³/mol. The quantitative estimate of drug-likeness (QED) is 0.838. The Bertz CT molecular complexity index is 327. The van der Waals surface area contributed by atoms with E-state index in [1.54, 1.807) is 6.20 Å². The molecule has 0 atom stereocenters. The van der Waals surface area contributed by atoms with Crippen molar-refractivity contribution in [3.63, 3.8) is 0 Å². The van der Waals surface area contributed by atoms with Gasteiger partial charge in [0.05, 0.1) is 6.20 Å². The fraction of sp³-hybridized carbons (Fsp3) is 0.556. The molecule has 0 aliphatic carbocycles. The molecule has 1 amide bonds. The van der Waals surface area contributed by atoms with Gasteiger partial charge in [0.2, 0.25) is 0 Å². The molecule has 1 rings (SSSR count). The third-order valence-electron chi connectivity index (χ3n) is 1.77. The Morgan fingerprint density at radius 1 is 1.67 bits per heavy atom. The van der Waals surface area contributed by atoms with E-state index in [9.17, 15) is 4.79 Å². The summed E-state index contributed by atoms with van der Waals surface area (Å²) in [6.45, 7) is 1.68. The SMILES string of the molecule is CN(C)CCCNC(=O)c1cnc(Br)s1. The number of nitrogens with one attached hydrogen (secondary N) is 1. The van der Waals surface area contributed by atoms with Crippen LogP contribution < -0.4 is 5.32 Å². The van der Waals surface area contributed by atoms with Crippen LogP contribution in [0.4, 0.5) is 0 Å². The lowest BCUT2D eigenvalue weighted by Gasteiger charge is -2.09. The van der Waals surface area contributed by atoms with Crippen molar-refractivity contribution in [2.75, 3.05) is 27.2 Å². The van der Waals surface area contributed by atoms with Gasteiger partial charge in [-0.05, 0) is 43.0 Å². The molecule has 1 N–H and O–H groups in total. The minimum Gasteiger partial charge on any atom is -0.351 e. The van der Waals surface area contributed by atoms with Gasteiger partial charge in [-0.25, -0.2) is 4.98 Å². The van der Waals surface area contributed by atoms with E-state index in [1.165, 1.54) is 11.3 Å². The first-order valence-corrected chi connectivity index (χ1v) is 6.25. The van der Waals surface area contributed by atoms with Crippen molar-refractivity contribution in [1.29, 1.82) is 0 Å². The third kappa shape index (κ3) is 4.72. The number of halogens is 1. The van der Waals surface area contributed by atoms with Crippen molar-refractivity contribution in [2.24, 2.45) is 0 Å². The molecule has 4 nitrogen and oxygen atoms in total. The summed E-state index contributed by atoms with van der Waals surface area (Å²) in [6, 6.07) is 0. The van der Waals surface area contributed by atoms with Crippen LogP contribution in [0.15, 0.2) is 10.1 Å². The van der Waals surface area contributed by atoms with Crippen LogP contribution >= 0.6 is 27.3 Å². The number of hydrogen-bond donors (Lipinski definition) is 1. The van der Waals surface area contributed by atoms with E-state index < -0.39 is 0 Å². The smallest absolute Gasteiger partial charge is 0.263 e. The van der Waals surface area contributed by atoms with E-state index in [4.69, 9.17) is 0 Å². The second kappa shape index (κ2) is 6.19. The molecule has 1 aromatic heterocycles. The minimum atomic E-state index is -0.0445. The Morgan fingerprint density at radius 2 is 2.40 bits per heavy atom. The molecular formula is C9H14BrN3OS. The summed E-state index contributed by atoms with van der Waals surface area (Å²) >= 11 is 4.57. The molecule has 0 spiro atoms. The highest BCUT2D eigenvalue weighted by Crippen LogP contribution is 2.17. The average molecular weight is 292 g/mol. The maximum Gasteiger partial charge on any atom is 0.263 e. The van der Waals surface area contributed by atoms with Gasteiger partial charge in [0.25, 0.3) is 5.91 Å². The van der Waals surface area contributed by atoms with Gasteiger partial charge in [0, 0.05) is 6.54 Å². The van der Waals surface area contributed by atoms with Gasteiger partial charge in [-0.15, -0.1) is 11.3 Å². The summed E-state index contributed by atoms with van der Waals surface area (Å²) in [7, 11) is 4.03. The topological polar surface area (TPSA) is 45.2 Å². The second-order valence-corrected chi connectivity index (χ2v) is 5.70. The van der Waals surface area contributed by atoms with Crippen molar-refractivity contribution in [2.45, 2.75) is 6.42 Å². The standard InChI is InChI=1S/C9H14BrN3OS/c1-13(2)5-3-4-11-8(14)7-6-12-9(10)15-7/h6H,3-5H2,1-2H3,(H,11,14). The number of carbonyl (C=O) groups excluding carboxylic acids is 1. The van der Waals surface area contributed by atoms with Crippen molar-refractivity contribution in [3.8, 4) is 0 Å². The van der Waals surface area contributed by atoms with Crippen molar-refractivity contribution in [1.82, 2.24) is 15.2 Å². The Balaban J connectivity index is 2.25. The van der Waals surface area contributed by atoms with Gasteiger partial charge in [-0.1, -0.05) is 0 Å². The normalized spacial score (nSPS) is 10.7. The second-order valence-electron chi connectivity index (χ2n) is 3.39. The Kier molecular flexibility index (Phi) is 5.21. The number of amides is 1. The molecule has 0 saturated heterocycles. The number of aromatic nitrogens is 1. The fourth-order valence-electron chi connectivity index (χ4n) is 1.04. The van der Waals surface area contributed by atoms with Gasteiger partial charge in [0.15, 0.2) is 3.92 Å². The van der Waals surface area contributed by atoms with Gasteiger partial charge >= 0.3 is 0 Å². The van der Waals surface area contributed by atoms with Crippen LogP contribution in [0.25, 0.3) is 0 Å². The Labute approximate surface area is 102 Å². The van der Waals surface area contributed by atoms with Crippen LogP contribution in [0.5, 0.6) is 0 Å². The molecule has 84 valence electrons. The zero-order valence-corrected chi connectivity index (χ0v) is 11.2. The lowest BCUT2D eigenvalue weighted by atomic mass is 10.4. The highest BCUT2D eigenvalue weighted by atomic mass is 79.9. The first-order valence-electron chi connectivity index (χ1n) is 4.64. The van der Waals surface area contributed by atoms with Crippen molar-refractivity contribution >= 4 is 33.2 Å². The van der Waals surface area contributed by atoms with Crippen LogP contribution in [0.1, 0.15) is 16.1 Å². The Morgan fingerprint density at radius 3 is 2.93 bits per heavy atom. The fourth-order valence-corrected chi connectivity index (χ4v) is 2.22. The number of thiazole rings is 1. The highest BCUT2D eigenvalue weighted by molar-refractivity contribution is 9.11. The maximum atomic E-state index is 11.5. The van der Waals surface area contributed by atoms with Crippen molar-refractivity contribution in [3.05, 3.63) is 15.0 Å². The van der Waals surface area contributed by atoms with Crippen LogP contribution in [-0.4, -0.2) is 43.0 Å². The molecular weight excluding hydrogens is 278 g/mol. The van der Waals surface area contributed by atoms with E-state index >= 15 is 0 Å². The van der Waals surface area contributed by atoms with E-state index in [2.05, 4.69) is 31.1 Å². The molecule has 0 aliphatic rings. The lowest BCUT2D eigenvalue weighted by Crippen LogP contribution is -2.26. The molecule has 6 heteroatoms. The molecule has 0 unspecified atom stereocenters. The van der Waals surface area contributed by atoms with Crippen LogP contribution in [0.2, 0.25) is 0 Å². The summed E-state index contributed by atoms with van der Waals surface area (Å²) in [6.07, 6.45) is 2.54.